The molecule has 0 saturated carbocycles. The molecule has 0 aliphatic heterocycles. The monoisotopic (exact) mass is 332 g/mol. The van der Waals surface area contributed by atoms with Gasteiger partial charge in [0.15, 0.2) is 0 Å². The molecule has 0 aliphatic carbocycles. The fourth-order valence-corrected chi connectivity index (χ4v) is 3.69. The van der Waals surface area contributed by atoms with E-state index in [-0.39, 0.29) is 5.97 Å². The normalized spacial score (nSPS) is 10.7. The summed E-state index contributed by atoms with van der Waals surface area (Å²) in [6.45, 7) is 0. The van der Waals surface area contributed by atoms with Crippen molar-refractivity contribution < 1.29 is 9.53 Å². The van der Waals surface area contributed by atoms with Gasteiger partial charge in [0.2, 0.25) is 0 Å². The van der Waals surface area contributed by atoms with Crippen LogP contribution in [0.4, 0.5) is 0 Å². The number of benzene rings is 2. The Labute approximate surface area is 125 Å². The van der Waals surface area contributed by atoms with Crippen molar-refractivity contribution in [3.8, 4) is 0 Å². The molecule has 2 rings (SSSR count). The number of hydrogen-bond acceptors (Lipinski definition) is 2. The molecule has 0 atom stereocenters. The summed E-state index contributed by atoms with van der Waals surface area (Å²) in [5.74, 6) is -0.326. The second kappa shape index (κ2) is 7.68. The van der Waals surface area contributed by atoms with Crippen LogP contribution in [0.25, 0.3) is 6.08 Å². The summed E-state index contributed by atoms with van der Waals surface area (Å²) in [6, 6.07) is 18.6. The maximum atomic E-state index is 11.2. The third-order valence-electron chi connectivity index (χ3n) is 2.79. The zero-order valence-electron chi connectivity index (χ0n) is 11.3. The minimum atomic E-state index is -0.326. The zero-order valence-corrected chi connectivity index (χ0v) is 13.0. The van der Waals surface area contributed by atoms with Gasteiger partial charge >= 0.3 is 125 Å². The zero-order chi connectivity index (χ0) is 14.2. The van der Waals surface area contributed by atoms with Crippen LogP contribution in [0.2, 0.25) is 0 Å². The molecule has 0 N–H and O–H groups in total. The number of ether oxygens (including phenoxy) is 1. The van der Waals surface area contributed by atoms with Gasteiger partial charge in [-0.1, -0.05) is 0 Å². The molecule has 0 aliphatic rings. The molecular formula is C17H16O2Se. The van der Waals surface area contributed by atoms with Gasteiger partial charge < -0.3 is 0 Å². The van der Waals surface area contributed by atoms with Gasteiger partial charge in [-0.15, -0.1) is 0 Å². The van der Waals surface area contributed by atoms with E-state index in [0.717, 1.165) is 10.9 Å². The summed E-state index contributed by atoms with van der Waals surface area (Å²) < 4.78 is 6.00. The maximum absolute atomic E-state index is 11.2. The van der Waals surface area contributed by atoms with E-state index in [1.165, 1.54) is 23.2 Å². The Balaban J connectivity index is 2.08. The topological polar surface area (TPSA) is 26.3 Å². The van der Waals surface area contributed by atoms with E-state index in [1.807, 2.05) is 30.3 Å². The summed E-state index contributed by atoms with van der Waals surface area (Å²) in [4.78, 5) is 11.2. The number of rotatable bonds is 5. The molecule has 2 nitrogen and oxygen atoms in total. The molecular weight excluding hydrogens is 315 g/mol. The minimum absolute atomic E-state index is 0.326. The number of hydrogen-bond donors (Lipinski definition) is 0. The fourth-order valence-electron chi connectivity index (χ4n) is 1.73. The van der Waals surface area contributed by atoms with Gasteiger partial charge in [-0.3, -0.25) is 0 Å². The van der Waals surface area contributed by atoms with E-state index in [2.05, 4.69) is 35.1 Å². The first-order valence-electron chi connectivity index (χ1n) is 6.31. The first-order chi connectivity index (χ1) is 9.79. The average molecular weight is 331 g/mol. The summed E-state index contributed by atoms with van der Waals surface area (Å²) in [7, 11) is 1.39. The molecule has 102 valence electrons. The van der Waals surface area contributed by atoms with E-state index < -0.39 is 0 Å². The van der Waals surface area contributed by atoms with Crippen LogP contribution in [-0.4, -0.2) is 28.0 Å². The molecule has 0 saturated heterocycles. The van der Waals surface area contributed by atoms with Crippen molar-refractivity contribution in [1.29, 1.82) is 0 Å². The van der Waals surface area contributed by atoms with Crippen molar-refractivity contribution in [2.24, 2.45) is 0 Å². The van der Waals surface area contributed by atoms with E-state index >= 15 is 0 Å². The molecule has 0 aromatic heterocycles. The Bertz CT molecular complexity index is 591. The van der Waals surface area contributed by atoms with Gasteiger partial charge in [0, 0.05) is 0 Å². The summed E-state index contributed by atoms with van der Waals surface area (Å²) >= 11 is 0.399. The Morgan fingerprint density at radius 3 is 2.55 bits per heavy atom. The third kappa shape index (κ3) is 4.37. The second-order valence-corrected chi connectivity index (χ2v) is 6.36. The summed E-state index contributed by atoms with van der Waals surface area (Å²) in [5.41, 5.74) is 2.34. The third-order valence-corrected chi connectivity index (χ3v) is 5.02. The Morgan fingerprint density at radius 1 is 1.10 bits per heavy atom. The Morgan fingerprint density at radius 2 is 1.80 bits per heavy atom. The number of esters is 1. The second-order valence-electron chi connectivity index (χ2n) is 4.16. The van der Waals surface area contributed by atoms with Gasteiger partial charge in [-0.25, -0.2) is 0 Å². The molecule has 2 aromatic rings. The molecule has 0 amide bonds. The van der Waals surface area contributed by atoms with Gasteiger partial charge in [0.25, 0.3) is 0 Å². The molecule has 2 aromatic carbocycles. The molecule has 0 bridgehead atoms. The Kier molecular flexibility index (Phi) is 5.60. The van der Waals surface area contributed by atoms with Crippen molar-refractivity contribution in [3.63, 3.8) is 0 Å². The van der Waals surface area contributed by atoms with Gasteiger partial charge in [0.05, 0.1) is 0 Å². The van der Waals surface area contributed by atoms with Crippen molar-refractivity contribution in [1.82, 2.24) is 0 Å². The van der Waals surface area contributed by atoms with Crippen molar-refractivity contribution in [3.05, 3.63) is 71.8 Å². The first-order valence-corrected chi connectivity index (χ1v) is 8.38. The standard InChI is InChI=1S/C17H16O2Se/c1-19-17(18)12-11-14-7-5-6-8-15(14)13-20-16-9-3-2-4-10-16/h2-12H,13H2,1H3/b12-11+. The summed E-state index contributed by atoms with van der Waals surface area (Å²) in [6.07, 6.45) is 3.29. The van der Waals surface area contributed by atoms with Crippen LogP contribution in [0.15, 0.2) is 60.7 Å². The predicted molar refractivity (Wildman–Crippen MR) is 83.0 cm³/mol. The van der Waals surface area contributed by atoms with Crippen LogP contribution in [0.1, 0.15) is 11.1 Å². The number of carbonyl (C=O) groups excluding carboxylic acids is 1. The summed E-state index contributed by atoms with van der Waals surface area (Å²) in [5, 5.41) is 1.01. The van der Waals surface area contributed by atoms with Crippen LogP contribution in [0.5, 0.6) is 0 Å². The predicted octanol–water partition coefficient (Wildman–Crippen LogP) is 2.40. The van der Waals surface area contributed by atoms with E-state index in [1.54, 1.807) is 0 Å². The van der Waals surface area contributed by atoms with Crippen LogP contribution >= 0.6 is 0 Å². The molecule has 3 heteroatoms. The fraction of sp³-hybridized carbons (Fsp3) is 0.118. The van der Waals surface area contributed by atoms with Crippen molar-refractivity contribution in [2.75, 3.05) is 7.11 Å². The number of methoxy groups -OCH3 is 1. The van der Waals surface area contributed by atoms with Gasteiger partial charge in [0.1, 0.15) is 0 Å². The van der Waals surface area contributed by atoms with E-state index in [0.29, 0.717) is 15.0 Å². The van der Waals surface area contributed by atoms with Crippen molar-refractivity contribution >= 4 is 31.5 Å². The quantitative estimate of drug-likeness (QED) is 0.478. The van der Waals surface area contributed by atoms with Crippen LogP contribution in [0.3, 0.4) is 0 Å². The van der Waals surface area contributed by atoms with Crippen molar-refractivity contribution in [2.45, 2.75) is 5.32 Å². The van der Waals surface area contributed by atoms with Crippen LogP contribution < -0.4 is 4.46 Å². The van der Waals surface area contributed by atoms with Crippen LogP contribution in [0, 0.1) is 0 Å². The SMILES string of the molecule is COC(=O)/C=C/c1ccccc1C[Se]c1ccccc1. The number of carbonyl (C=O) groups is 1. The molecule has 0 radical (unpaired) electrons. The molecule has 0 fully saturated rings. The first kappa shape index (κ1) is 14.6. The van der Waals surface area contributed by atoms with Crippen LogP contribution in [-0.2, 0) is 14.9 Å². The molecule has 20 heavy (non-hydrogen) atoms. The van der Waals surface area contributed by atoms with E-state index in [9.17, 15) is 4.79 Å². The Hall–Kier alpha value is -1.83. The van der Waals surface area contributed by atoms with E-state index in [4.69, 9.17) is 0 Å². The molecule has 0 heterocycles. The molecule has 0 unspecified atom stereocenters. The average Bonchev–Trinajstić information content (AvgIpc) is 2.52. The molecule has 0 spiro atoms. The van der Waals surface area contributed by atoms with Gasteiger partial charge in [-0.2, -0.15) is 0 Å². The van der Waals surface area contributed by atoms with Gasteiger partial charge in [-0.05, 0) is 0 Å².